The molecule has 1 saturated heterocycles. The Morgan fingerprint density at radius 2 is 1.94 bits per heavy atom. The highest BCUT2D eigenvalue weighted by Gasteiger charge is 2.43. The molecule has 2 unspecified atom stereocenters. The number of carbonyl (C=O) groups excluding carboxylic acids is 1. The van der Waals surface area contributed by atoms with E-state index in [1.54, 1.807) is 13.3 Å². The second kappa shape index (κ2) is 8.07. The van der Waals surface area contributed by atoms with Gasteiger partial charge in [0.15, 0.2) is 0 Å². The van der Waals surface area contributed by atoms with Crippen molar-refractivity contribution in [3.63, 3.8) is 0 Å². The molecule has 2 bridgehead atoms. The number of amides is 1. The molecule has 0 radical (unpaired) electrons. The van der Waals surface area contributed by atoms with Gasteiger partial charge in [0.25, 0.3) is 0 Å². The molecular weight excluding hydrogens is 392 g/mol. The van der Waals surface area contributed by atoms with Gasteiger partial charge >= 0.3 is 0 Å². The van der Waals surface area contributed by atoms with Crippen molar-refractivity contribution in [2.75, 3.05) is 18.6 Å². The van der Waals surface area contributed by atoms with Crippen LogP contribution in [0.4, 0.5) is 5.69 Å². The first-order chi connectivity index (χ1) is 15.1. The smallest absolute Gasteiger partial charge is 0.244 e. The molecule has 1 aromatic heterocycles. The number of ether oxygens (including phenoxy) is 2. The van der Waals surface area contributed by atoms with Gasteiger partial charge in [-0.15, -0.1) is 0 Å². The SMILES string of the molecule is COc1ccc(CN2C(=O)C3CC(CN3Cc3nccn3C)Oc3ccccc32)cc1. The zero-order valence-electron chi connectivity index (χ0n) is 17.8. The summed E-state index contributed by atoms with van der Waals surface area (Å²) in [6, 6.07) is 15.4. The van der Waals surface area contributed by atoms with E-state index in [0.29, 0.717) is 26.1 Å². The normalized spacial score (nSPS) is 20.7. The van der Waals surface area contributed by atoms with Crippen molar-refractivity contribution >= 4 is 11.6 Å². The first kappa shape index (κ1) is 19.6. The van der Waals surface area contributed by atoms with Gasteiger partial charge in [-0.1, -0.05) is 24.3 Å². The summed E-state index contributed by atoms with van der Waals surface area (Å²) in [6.45, 7) is 1.79. The second-order valence-corrected chi connectivity index (χ2v) is 8.12. The lowest BCUT2D eigenvalue weighted by Gasteiger charge is -2.32. The Kier molecular flexibility index (Phi) is 5.11. The zero-order chi connectivity index (χ0) is 21.4. The van der Waals surface area contributed by atoms with E-state index in [1.807, 2.05) is 71.2 Å². The van der Waals surface area contributed by atoms with Gasteiger partial charge in [0, 0.05) is 32.4 Å². The minimum Gasteiger partial charge on any atom is -0.497 e. The molecular formula is C24H26N4O3. The van der Waals surface area contributed by atoms with E-state index < -0.39 is 0 Å². The Balaban J connectivity index is 1.48. The van der Waals surface area contributed by atoms with Crippen LogP contribution in [0, 0.1) is 0 Å². The van der Waals surface area contributed by atoms with Crippen LogP contribution in [-0.2, 0) is 24.9 Å². The van der Waals surface area contributed by atoms with E-state index >= 15 is 0 Å². The third kappa shape index (κ3) is 3.77. The number of carbonyl (C=O) groups is 1. The maximum atomic E-state index is 13.8. The van der Waals surface area contributed by atoms with Crippen molar-refractivity contribution in [2.45, 2.75) is 31.7 Å². The first-order valence-electron chi connectivity index (χ1n) is 10.5. The lowest BCUT2D eigenvalue weighted by molar-refractivity contribution is -0.123. The first-order valence-corrected chi connectivity index (χ1v) is 10.5. The Morgan fingerprint density at radius 3 is 2.68 bits per heavy atom. The van der Waals surface area contributed by atoms with Crippen molar-refractivity contribution in [3.05, 3.63) is 72.3 Å². The largest absolute Gasteiger partial charge is 0.497 e. The number of benzene rings is 2. The second-order valence-electron chi connectivity index (χ2n) is 8.12. The predicted octanol–water partition coefficient (Wildman–Crippen LogP) is 3.00. The molecule has 1 amide bonds. The molecule has 5 rings (SSSR count). The molecule has 31 heavy (non-hydrogen) atoms. The highest BCUT2D eigenvalue weighted by atomic mass is 16.5. The Morgan fingerprint density at radius 1 is 1.13 bits per heavy atom. The van der Waals surface area contributed by atoms with Crippen LogP contribution in [0.5, 0.6) is 11.5 Å². The molecule has 7 nitrogen and oxygen atoms in total. The third-order valence-corrected chi connectivity index (χ3v) is 6.13. The molecule has 7 heteroatoms. The van der Waals surface area contributed by atoms with E-state index in [4.69, 9.17) is 9.47 Å². The number of methoxy groups -OCH3 is 1. The van der Waals surface area contributed by atoms with Crippen molar-refractivity contribution < 1.29 is 14.3 Å². The molecule has 2 aliphatic heterocycles. The van der Waals surface area contributed by atoms with Gasteiger partial charge in [0.05, 0.1) is 31.9 Å². The van der Waals surface area contributed by atoms with Crippen LogP contribution in [0.25, 0.3) is 0 Å². The fraction of sp³-hybridized carbons (Fsp3) is 0.333. The number of likely N-dealkylation sites (tertiary alicyclic amines) is 1. The van der Waals surface area contributed by atoms with Crippen molar-refractivity contribution in [2.24, 2.45) is 7.05 Å². The minimum atomic E-state index is -0.242. The Hall–Kier alpha value is -3.32. The van der Waals surface area contributed by atoms with Crippen LogP contribution in [-0.4, -0.2) is 46.2 Å². The van der Waals surface area contributed by atoms with Crippen LogP contribution < -0.4 is 14.4 Å². The molecule has 3 heterocycles. The van der Waals surface area contributed by atoms with Gasteiger partial charge in [-0.3, -0.25) is 9.69 Å². The summed E-state index contributed by atoms with van der Waals surface area (Å²) in [4.78, 5) is 22.4. The van der Waals surface area contributed by atoms with Crippen LogP contribution in [0.15, 0.2) is 60.9 Å². The molecule has 160 valence electrons. The number of fused-ring (bicyclic) bond motifs is 3. The van der Waals surface area contributed by atoms with E-state index in [1.165, 1.54) is 0 Å². The average molecular weight is 418 g/mol. The molecule has 2 aromatic carbocycles. The topological polar surface area (TPSA) is 59.8 Å². The number of nitrogens with zero attached hydrogens (tertiary/aromatic N) is 4. The van der Waals surface area contributed by atoms with Gasteiger partial charge in [-0.25, -0.2) is 4.98 Å². The molecule has 3 aromatic rings. The minimum absolute atomic E-state index is 0.0153. The van der Waals surface area contributed by atoms with Crippen molar-refractivity contribution in [3.8, 4) is 11.5 Å². The van der Waals surface area contributed by atoms with Gasteiger partial charge in [-0.05, 0) is 29.8 Å². The number of aryl methyl sites for hydroxylation is 1. The van der Waals surface area contributed by atoms with Crippen LogP contribution >= 0.6 is 0 Å². The van der Waals surface area contributed by atoms with E-state index in [2.05, 4.69) is 9.88 Å². The summed E-state index contributed by atoms with van der Waals surface area (Å²) in [6.07, 6.45) is 4.38. The number of imidazole rings is 1. The van der Waals surface area contributed by atoms with Crippen molar-refractivity contribution in [1.82, 2.24) is 14.5 Å². The maximum absolute atomic E-state index is 13.8. The molecule has 0 spiro atoms. The number of anilines is 1. The van der Waals surface area contributed by atoms with Gasteiger partial charge in [0.1, 0.15) is 23.4 Å². The number of hydrogen-bond donors (Lipinski definition) is 0. The monoisotopic (exact) mass is 418 g/mol. The summed E-state index contributed by atoms with van der Waals surface area (Å²) in [7, 11) is 3.63. The molecule has 2 aliphatic rings. The molecule has 1 fully saturated rings. The third-order valence-electron chi connectivity index (χ3n) is 6.13. The molecule has 2 atom stereocenters. The van der Waals surface area contributed by atoms with Crippen LogP contribution in [0.2, 0.25) is 0 Å². The standard InChI is InChI=1S/C24H26N4O3/c1-26-12-11-25-23(26)16-27-15-19-13-21(27)24(29)28(20-5-3-4-6-22(20)31-19)14-17-7-9-18(30-2)10-8-17/h3-12,19,21H,13-16H2,1-2H3. The lowest BCUT2D eigenvalue weighted by atomic mass is 10.1. The Labute approximate surface area is 181 Å². The average Bonchev–Trinajstić information content (AvgIpc) is 3.38. The summed E-state index contributed by atoms with van der Waals surface area (Å²) in [5.74, 6) is 2.60. The predicted molar refractivity (Wildman–Crippen MR) is 117 cm³/mol. The fourth-order valence-electron chi connectivity index (χ4n) is 4.44. The molecule has 0 aliphatic carbocycles. The van der Waals surface area contributed by atoms with Crippen molar-refractivity contribution in [1.29, 1.82) is 0 Å². The number of hydrogen-bond acceptors (Lipinski definition) is 5. The number of rotatable bonds is 5. The summed E-state index contributed by atoms with van der Waals surface area (Å²) >= 11 is 0. The summed E-state index contributed by atoms with van der Waals surface area (Å²) in [5, 5.41) is 0. The lowest BCUT2D eigenvalue weighted by Crippen LogP contribution is -2.45. The summed E-state index contributed by atoms with van der Waals surface area (Å²) < 4.78 is 13.6. The number of para-hydroxylation sites is 2. The zero-order valence-corrected chi connectivity index (χ0v) is 17.8. The van der Waals surface area contributed by atoms with E-state index in [-0.39, 0.29) is 18.1 Å². The van der Waals surface area contributed by atoms with Gasteiger partial charge in [0.2, 0.25) is 5.91 Å². The summed E-state index contributed by atoms with van der Waals surface area (Å²) in [5.41, 5.74) is 1.85. The Bertz CT molecular complexity index is 1080. The number of aromatic nitrogens is 2. The van der Waals surface area contributed by atoms with Crippen LogP contribution in [0.3, 0.4) is 0 Å². The van der Waals surface area contributed by atoms with E-state index in [9.17, 15) is 4.79 Å². The fourth-order valence-corrected chi connectivity index (χ4v) is 4.44. The van der Waals surface area contributed by atoms with Gasteiger partial charge < -0.3 is 18.9 Å². The quantitative estimate of drug-likeness (QED) is 0.638. The molecule has 0 saturated carbocycles. The highest BCUT2D eigenvalue weighted by Crippen LogP contribution is 2.37. The van der Waals surface area contributed by atoms with Crippen LogP contribution in [0.1, 0.15) is 17.8 Å². The maximum Gasteiger partial charge on any atom is 0.244 e. The highest BCUT2D eigenvalue weighted by molar-refractivity contribution is 5.99. The van der Waals surface area contributed by atoms with Gasteiger partial charge in [-0.2, -0.15) is 0 Å². The molecule has 0 N–H and O–H groups in total. The van der Waals surface area contributed by atoms with E-state index in [0.717, 1.165) is 28.6 Å².